The Kier molecular flexibility index (Phi) is 4.80. The molecule has 144 valence electrons. The quantitative estimate of drug-likeness (QED) is 0.421. The van der Waals surface area contributed by atoms with Gasteiger partial charge in [-0.25, -0.2) is 18.7 Å². The lowest BCUT2D eigenvalue weighted by atomic mass is 10.2. The zero-order chi connectivity index (χ0) is 19.7. The van der Waals surface area contributed by atoms with Crippen molar-refractivity contribution in [3.8, 4) is 17.1 Å². The van der Waals surface area contributed by atoms with Crippen molar-refractivity contribution in [3.63, 3.8) is 0 Å². The Bertz CT molecular complexity index is 1200. The second kappa shape index (κ2) is 7.41. The molecule has 0 bridgehead atoms. The predicted molar refractivity (Wildman–Crippen MR) is 102 cm³/mol. The Labute approximate surface area is 162 Å². The van der Waals surface area contributed by atoms with Crippen LogP contribution in [0.25, 0.3) is 28.2 Å². The summed E-state index contributed by atoms with van der Waals surface area (Å²) in [6.45, 7) is 1.20. The van der Waals surface area contributed by atoms with E-state index in [0.29, 0.717) is 41.5 Å². The van der Waals surface area contributed by atoms with Gasteiger partial charge >= 0.3 is 5.76 Å². The highest BCUT2D eigenvalue weighted by atomic mass is 35.5. The second-order valence-electron chi connectivity index (χ2n) is 5.92. The fourth-order valence-electron chi connectivity index (χ4n) is 2.76. The molecule has 11 heteroatoms. The molecule has 0 spiro atoms. The number of nitrogens with two attached hydrogens (primary N) is 1. The molecule has 0 aliphatic heterocycles. The van der Waals surface area contributed by atoms with Gasteiger partial charge in [0.25, 0.3) is 0 Å². The smallest absolute Gasteiger partial charge is 0.356 e. The topological polar surface area (TPSA) is 128 Å². The molecule has 9 nitrogen and oxygen atoms in total. The third kappa shape index (κ3) is 3.23. The lowest BCUT2D eigenvalue weighted by Gasteiger charge is -2.06. The van der Waals surface area contributed by atoms with Crippen LogP contribution in [-0.2, 0) is 0 Å². The van der Waals surface area contributed by atoms with Crippen LogP contribution < -0.4 is 16.8 Å². The Morgan fingerprint density at radius 2 is 2.21 bits per heavy atom. The van der Waals surface area contributed by atoms with Crippen molar-refractivity contribution in [3.05, 3.63) is 51.9 Å². The molecule has 0 saturated carbocycles. The SMILES string of the molecule is NCCCNc1nc2nccc(-c3noc(=O)n3-c3ccc(F)c(Cl)c3)c2[nH]1. The van der Waals surface area contributed by atoms with Crippen LogP contribution in [0.2, 0.25) is 5.02 Å². The number of aromatic amines is 1. The van der Waals surface area contributed by atoms with E-state index in [1.165, 1.54) is 22.8 Å². The number of anilines is 1. The summed E-state index contributed by atoms with van der Waals surface area (Å²) >= 11 is 5.86. The van der Waals surface area contributed by atoms with E-state index in [1.807, 2.05) is 0 Å². The van der Waals surface area contributed by atoms with E-state index in [-0.39, 0.29) is 10.8 Å². The zero-order valence-electron chi connectivity index (χ0n) is 14.4. The molecule has 0 saturated heterocycles. The molecule has 0 amide bonds. The highest BCUT2D eigenvalue weighted by Gasteiger charge is 2.20. The van der Waals surface area contributed by atoms with Crippen molar-refractivity contribution < 1.29 is 8.91 Å². The van der Waals surface area contributed by atoms with Gasteiger partial charge in [0.2, 0.25) is 5.95 Å². The van der Waals surface area contributed by atoms with Gasteiger partial charge in [-0.3, -0.25) is 4.52 Å². The lowest BCUT2D eigenvalue weighted by molar-refractivity contribution is 0.383. The normalized spacial score (nSPS) is 11.2. The molecule has 0 aliphatic carbocycles. The summed E-state index contributed by atoms with van der Waals surface area (Å²) in [6.07, 6.45) is 2.33. The number of nitrogens with zero attached hydrogens (tertiary/aromatic N) is 4. The van der Waals surface area contributed by atoms with Crippen molar-refractivity contribution in [1.82, 2.24) is 24.7 Å². The summed E-state index contributed by atoms with van der Waals surface area (Å²) in [6, 6.07) is 5.57. The predicted octanol–water partition coefficient (Wildman–Crippen LogP) is 2.32. The Balaban J connectivity index is 1.83. The third-order valence-corrected chi connectivity index (χ3v) is 4.36. The molecule has 0 aliphatic rings. The van der Waals surface area contributed by atoms with Gasteiger partial charge in [0.15, 0.2) is 11.5 Å². The van der Waals surface area contributed by atoms with Crippen LogP contribution in [-0.4, -0.2) is 37.8 Å². The molecule has 0 radical (unpaired) electrons. The number of imidazole rings is 1. The Morgan fingerprint density at radius 1 is 1.36 bits per heavy atom. The van der Waals surface area contributed by atoms with Gasteiger partial charge in [-0.1, -0.05) is 16.8 Å². The first-order valence-electron chi connectivity index (χ1n) is 8.41. The van der Waals surface area contributed by atoms with Crippen LogP contribution in [0.3, 0.4) is 0 Å². The van der Waals surface area contributed by atoms with Crippen LogP contribution in [0.4, 0.5) is 10.3 Å². The summed E-state index contributed by atoms with van der Waals surface area (Å²) in [5.74, 6) is -0.601. The largest absolute Gasteiger partial charge is 0.446 e. The molecule has 4 rings (SSSR count). The van der Waals surface area contributed by atoms with E-state index in [2.05, 4.69) is 25.4 Å². The van der Waals surface area contributed by atoms with Gasteiger partial charge in [-0.2, -0.15) is 4.98 Å². The van der Waals surface area contributed by atoms with Crippen LogP contribution in [0, 0.1) is 5.82 Å². The maximum Gasteiger partial charge on any atom is 0.446 e. The van der Waals surface area contributed by atoms with Crippen LogP contribution in [0.1, 0.15) is 6.42 Å². The summed E-state index contributed by atoms with van der Waals surface area (Å²) < 4.78 is 19.6. The minimum atomic E-state index is -0.733. The average molecular weight is 404 g/mol. The first-order valence-corrected chi connectivity index (χ1v) is 8.79. The summed E-state index contributed by atoms with van der Waals surface area (Å²) in [5, 5.41) is 6.88. The number of hydrogen-bond donors (Lipinski definition) is 3. The minimum Gasteiger partial charge on any atom is -0.356 e. The standard InChI is InChI=1S/C17H15ClFN7O2/c18-11-8-9(2-3-12(11)19)26-15(25-28-17(26)27)10-4-7-21-14-13(10)23-16(24-14)22-6-1-5-20/h2-4,7-8H,1,5-6,20H2,(H2,21,22,23,24). The van der Waals surface area contributed by atoms with Gasteiger partial charge in [0.1, 0.15) is 5.82 Å². The first-order chi connectivity index (χ1) is 13.6. The molecule has 1 aromatic carbocycles. The lowest BCUT2D eigenvalue weighted by Crippen LogP contribution is -2.13. The number of H-pyrrole nitrogens is 1. The Morgan fingerprint density at radius 3 is 3.00 bits per heavy atom. The highest BCUT2D eigenvalue weighted by Crippen LogP contribution is 2.27. The van der Waals surface area contributed by atoms with Crippen LogP contribution in [0.15, 0.2) is 39.8 Å². The number of pyridine rings is 1. The molecular formula is C17H15ClFN7O2. The number of fused-ring (bicyclic) bond motifs is 1. The minimum absolute atomic E-state index is 0.121. The molecule has 0 atom stereocenters. The van der Waals surface area contributed by atoms with Gasteiger partial charge in [-0.05, 0) is 37.2 Å². The first kappa shape index (κ1) is 18.1. The highest BCUT2D eigenvalue weighted by molar-refractivity contribution is 6.30. The van der Waals surface area contributed by atoms with Crippen molar-refractivity contribution in [2.24, 2.45) is 5.73 Å². The Hall–Kier alpha value is -3.24. The molecule has 0 fully saturated rings. The monoisotopic (exact) mass is 403 g/mol. The third-order valence-electron chi connectivity index (χ3n) is 4.07. The van der Waals surface area contributed by atoms with Gasteiger partial charge in [0.05, 0.1) is 21.8 Å². The molecule has 28 heavy (non-hydrogen) atoms. The fraction of sp³-hybridized carbons (Fsp3) is 0.176. The number of nitrogens with one attached hydrogen (secondary N) is 2. The fourth-order valence-corrected chi connectivity index (χ4v) is 2.94. The number of aromatic nitrogens is 5. The van der Waals surface area contributed by atoms with Crippen molar-refractivity contribution >= 4 is 28.7 Å². The van der Waals surface area contributed by atoms with Crippen molar-refractivity contribution in [2.75, 3.05) is 18.4 Å². The van der Waals surface area contributed by atoms with E-state index in [1.54, 1.807) is 12.3 Å². The molecule has 3 heterocycles. The van der Waals surface area contributed by atoms with E-state index < -0.39 is 11.6 Å². The summed E-state index contributed by atoms with van der Waals surface area (Å²) in [7, 11) is 0. The van der Waals surface area contributed by atoms with E-state index in [4.69, 9.17) is 21.9 Å². The van der Waals surface area contributed by atoms with E-state index >= 15 is 0 Å². The van der Waals surface area contributed by atoms with Crippen LogP contribution in [0.5, 0.6) is 0 Å². The van der Waals surface area contributed by atoms with Crippen LogP contribution >= 0.6 is 11.6 Å². The molecule has 4 aromatic rings. The molecule has 3 aromatic heterocycles. The summed E-state index contributed by atoms with van der Waals surface area (Å²) in [5.41, 5.74) is 7.35. The van der Waals surface area contributed by atoms with Crippen molar-refractivity contribution in [2.45, 2.75) is 6.42 Å². The molecular weight excluding hydrogens is 389 g/mol. The molecule has 0 unspecified atom stereocenters. The maximum atomic E-state index is 13.5. The number of halogens is 2. The van der Waals surface area contributed by atoms with Gasteiger partial charge in [-0.15, -0.1) is 0 Å². The van der Waals surface area contributed by atoms with Crippen molar-refractivity contribution in [1.29, 1.82) is 0 Å². The number of rotatable bonds is 6. The zero-order valence-corrected chi connectivity index (χ0v) is 15.2. The number of benzene rings is 1. The van der Waals surface area contributed by atoms with Gasteiger partial charge in [0, 0.05) is 12.7 Å². The summed E-state index contributed by atoms with van der Waals surface area (Å²) in [4.78, 5) is 24.0. The van der Waals surface area contributed by atoms with E-state index in [9.17, 15) is 9.18 Å². The second-order valence-corrected chi connectivity index (χ2v) is 6.32. The number of hydrogen-bond acceptors (Lipinski definition) is 7. The van der Waals surface area contributed by atoms with E-state index in [0.717, 1.165) is 6.42 Å². The average Bonchev–Trinajstić information content (AvgIpc) is 3.27. The molecule has 4 N–H and O–H groups in total. The maximum absolute atomic E-state index is 13.5. The van der Waals surface area contributed by atoms with Gasteiger partial charge < -0.3 is 16.0 Å².